The second-order valence-electron chi connectivity index (χ2n) is 20.0. The van der Waals surface area contributed by atoms with Crippen LogP contribution in [0.15, 0.2) is 0 Å². The van der Waals surface area contributed by atoms with Crippen LogP contribution in [0.25, 0.3) is 0 Å². The number of hydrogen-bond donors (Lipinski definition) is 2. The molecule has 0 heterocycles. The van der Waals surface area contributed by atoms with E-state index in [-0.39, 0.29) is 19.1 Å². The van der Waals surface area contributed by atoms with Crippen LogP contribution in [0, 0.1) is 0 Å². The Morgan fingerprint density at radius 1 is 0.508 bits per heavy atom. The number of nitrogens with one attached hydrogen (secondary N) is 1. The van der Waals surface area contributed by atoms with Gasteiger partial charge in [-0.2, -0.15) is 0 Å². The van der Waals surface area contributed by atoms with Crippen LogP contribution in [0.1, 0.15) is 277 Å². The summed E-state index contributed by atoms with van der Waals surface area (Å²) in [6.07, 6.45) is 51.9. The Hall–Kier alpha value is -0.500. The van der Waals surface area contributed by atoms with Gasteiger partial charge in [-0.15, -0.1) is 0 Å². The highest BCUT2D eigenvalue weighted by molar-refractivity contribution is 7.45. The summed E-state index contributed by atoms with van der Waals surface area (Å²) in [5.74, 6) is -0.170. The molecule has 0 aromatic rings. The first-order valence-electron chi connectivity index (χ1n) is 26.9. The van der Waals surface area contributed by atoms with Gasteiger partial charge in [0.1, 0.15) is 13.2 Å². The molecule has 0 rings (SSSR count). The maximum Gasteiger partial charge on any atom is 0.268 e. The summed E-state index contributed by atoms with van der Waals surface area (Å²) < 4.78 is 23.2. The number of nitrogens with zero attached hydrogens (tertiary/aromatic N) is 1. The lowest BCUT2D eigenvalue weighted by Gasteiger charge is -2.30. The molecular weight excluding hydrogens is 780 g/mol. The van der Waals surface area contributed by atoms with Crippen molar-refractivity contribution in [2.24, 2.45) is 0 Å². The molecule has 0 aliphatic carbocycles. The molecule has 366 valence electrons. The summed E-state index contributed by atoms with van der Waals surface area (Å²) in [5, 5.41) is 13.9. The van der Waals surface area contributed by atoms with Crippen molar-refractivity contribution < 1.29 is 32.9 Å². The zero-order chi connectivity index (χ0) is 45.0. The highest BCUT2D eigenvalue weighted by Crippen LogP contribution is 2.38. The number of likely N-dealkylation sites (N-methyl/N-ethyl adjacent to an activating group) is 1. The molecule has 0 aromatic carbocycles. The predicted molar refractivity (Wildman–Crippen MR) is 261 cm³/mol. The number of quaternary nitrogens is 1. The molecule has 3 atom stereocenters. The molecule has 2 N–H and O–H groups in total. The van der Waals surface area contributed by atoms with Crippen LogP contribution >= 0.6 is 7.82 Å². The largest absolute Gasteiger partial charge is 0.756 e. The zero-order valence-corrected chi connectivity index (χ0v) is 42.5. The Balaban J connectivity index is 3.79. The number of hydrogen-bond acceptors (Lipinski definition) is 6. The Kier molecular flexibility index (Phi) is 44.3. The minimum Gasteiger partial charge on any atom is -0.756 e. The smallest absolute Gasteiger partial charge is 0.268 e. The third-order valence-corrected chi connectivity index (χ3v) is 13.6. The van der Waals surface area contributed by atoms with E-state index in [1.165, 1.54) is 212 Å². The lowest BCUT2D eigenvalue weighted by molar-refractivity contribution is -0.870. The molecule has 9 heteroatoms. The van der Waals surface area contributed by atoms with E-state index in [0.717, 1.165) is 38.5 Å². The molecule has 0 fully saturated rings. The Morgan fingerprint density at radius 2 is 0.803 bits per heavy atom. The minimum absolute atomic E-state index is 0.0155. The quantitative estimate of drug-likeness (QED) is 0.0358. The van der Waals surface area contributed by atoms with Crippen molar-refractivity contribution in [1.82, 2.24) is 5.32 Å². The third kappa shape index (κ3) is 47.3. The molecule has 0 aliphatic heterocycles. The Bertz CT molecular complexity index is 963. The van der Waals surface area contributed by atoms with E-state index in [9.17, 15) is 19.4 Å². The Morgan fingerprint density at radius 3 is 1.11 bits per heavy atom. The van der Waals surface area contributed by atoms with Crippen molar-refractivity contribution in [2.75, 3.05) is 40.9 Å². The van der Waals surface area contributed by atoms with Gasteiger partial charge in [0.25, 0.3) is 7.82 Å². The number of aliphatic hydroxyl groups excluding tert-OH is 1. The summed E-state index contributed by atoms with van der Waals surface area (Å²) in [6.45, 7) is 4.68. The molecular formula is C52H107N2O6P. The molecule has 3 unspecified atom stereocenters. The molecule has 0 aliphatic rings. The minimum atomic E-state index is -4.55. The third-order valence-electron chi connectivity index (χ3n) is 12.6. The van der Waals surface area contributed by atoms with E-state index >= 15 is 0 Å². The molecule has 1 amide bonds. The summed E-state index contributed by atoms with van der Waals surface area (Å²) in [6, 6.07) is -0.791. The molecule has 0 aromatic heterocycles. The number of amides is 1. The fraction of sp³-hybridized carbons (Fsp3) is 0.981. The van der Waals surface area contributed by atoms with Gasteiger partial charge in [-0.3, -0.25) is 9.36 Å². The van der Waals surface area contributed by atoms with Crippen LogP contribution in [-0.2, 0) is 18.4 Å². The van der Waals surface area contributed by atoms with Crippen molar-refractivity contribution in [3.63, 3.8) is 0 Å². The first kappa shape index (κ1) is 60.5. The van der Waals surface area contributed by atoms with E-state index in [4.69, 9.17) is 9.05 Å². The van der Waals surface area contributed by atoms with Crippen LogP contribution in [0.3, 0.4) is 0 Å². The van der Waals surface area contributed by atoms with Crippen molar-refractivity contribution >= 4 is 13.7 Å². The number of aliphatic hydroxyl groups is 1. The monoisotopic (exact) mass is 887 g/mol. The standard InChI is InChI=1S/C52H107N2O6P/c1-6-8-10-12-14-15-16-17-18-19-20-21-22-23-24-25-26-27-28-29-30-31-32-33-34-35-36-37-38-39-40-41-43-45-51(55)50(53-52(56)46-44-42-13-11-9-7-2)49-60-61(57,58)59-48-47-54(3,4)5/h50-51,55H,6-49H2,1-5H3,(H-,53,56,57,58). The highest BCUT2D eigenvalue weighted by atomic mass is 31.2. The van der Waals surface area contributed by atoms with Gasteiger partial charge in [0.15, 0.2) is 0 Å². The maximum absolute atomic E-state index is 12.7. The van der Waals surface area contributed by atoms with Crippen LogP contribution in [0.2, 0.25) is 0 Å². The van der Waals surface area contributed by atoms with E-state index in [1.807, 2.05) is 21.1 Å². The molecule has 0 radical (unpaired) electrons. The molecule has 0 bridgehead atoms. The van der Waals surface area contributed by atoms with E-state index in [2.05, 4.69) is 19.2 Å². The van der Waals surface area contributed by atoms with Crippen LogP contribution in [0.4, 0.5) is 0 Å². The van der Waals surface area contributed by atoms with E-state index in [0.29, 0.717) is 23.9 Å². The number of carbonyl (C=O) groups is 1. The zero-order valence-electron chi connectivity index (χ0n) is 41.7. The van der Waals surface area contributed by atoms with Gasteiger partial charge in [-0.05, 0) is 12.8 Å². The summed E-state index contributed by atoms with van der Waals surface area (Å²) in [5.41, 5.74) is 0. The van der Waals surface area contributed by atoms with E-state index < -0.39 is 20.0 Å². The van der Waals surface area contributed by atoms with Gasteiger partial charge in [0.2, 0.25) is 5.91 Å². The summed E-state index contributed by atoms with van der Waals surface area (Å²) in [7, 11) is 1.32. The van der Waals surface area contributed by atoms with Gasteiger partial charge < -0.3 is 28.8 Å². The number of phosphoric acid groups is 1. The van der Waals surface area contributed by atoms with Gasteiger partial charge in [-0.1, -0.05) is 258 Å². The summed E-state index contributed by atoms with van der Waals surface area (Å²) in [4.78, 5) is 25.1. The lowest BCUT2D eigenvalue weighted by atomic mass is 10.0. The van der Waals surface area contributed by atoms with Crippen LogP contribution in [-0.4, -0.2) is 68.5 Å². The number of unbranched alkanes of at least 4 members (excludes halogenated alkanes) is 37. The highest BCUT2D eigenvalue weighted by Gasteiger charge is 2.24. The maximum atomic E-state index is 12.7. The number of rotatable bonds is 50. The molecule has 61 heavy (non-hydrogen) atoms. The van der Waals surface area contributed by atoms with Crippen molar-refractivity contribution in [2.45, 2.75) is 289 Å². The normalized spacial score (nSPS) is 14.0. The van der Waals surface area contributed by atoms with Crippen LogP contribution in [0.5, 0.6) is 0 Å². The average molecular weight is 887 g/mol. The number of carbonyl (C=O) groups excluding carboxylic acids is 1. The predicted octanol–water partition coefficient (Wildman–Crippen LogP) is 15.1. The van der Waals surface area contributed by atoms with Gasteiger partial charge in [-0.25, -0.2) is 0 Å². The van der Waals surface area contributed by atoms with Gasteiger partial charge in [0, 0.05) is 6.42 Å². The van der Waals surface area contributed by atoms with Gasteiger partial charge in [0.05, 0.1) is 39.9 Å². The van der Waals surface area contributed by atoms with Gasteiger partial charge >= 0.3 is 0 Å². The fourth-order valence-corrected chi connectivity index (χ4v) is 9.06. The molecule has 0 saturated carbocycles. The first-order chi connectivity index (χ1) is 29.5. The molecule has 0 saturated heterocycles. The van der Waals surface area contributed by atoms with Crippen LogP contribution < -0.4 is 10.2 Å². The number of phosphoric ester groups is 1. The topological polar surface area (TPSA) is 108 Å². The molecule has 0 spiro atoms. The fourth-order valence-electron chi connectivity index (χ4n) is 8.34. The summed E-state index contributed by atoms with van der Waals surface area (Å²) >= 11 is 0. The van der Waals surface area contributed by atoms with Crippen molar-refractivity contribution in [3.05, 3.63) is 0 Å². The second kappa shape index (κ2) is 44.7. The first-order valence-corrected chi connectivity index (χ1v) is 28.3. The Labute approximate surface area is 380 Å². The van der Waals surface area contributed by atoms with E-state index in [1.54, 1.807) is 0 Å². The van der Waals surface area contributed by atoms with Crippen molar-refractivity contribution in [1.29, 1.82) is 0 Å². The SMILES string of the molecule is CCCCCCCCCCCCCCCCCCCCCCCCCCCCCCCCCCCC(O)C(COP(=O)([O-])OCC[N+](C)(C)C)NC(=O)CCCCCCCC. The molecule has 8 nitrogen and oxygen atoms in total. The lowest BCUT2D eigenvalue weighted by Crippen LogP contribution is -2.46. The average Bonchev–Trinajstić information content (AvgIpc) is 3.21. The second-order valence-corrected chi connectivity index (χ2v) is 21.4. The van der Waals surface area contributed by atoms with Crippen molar-refractivity contribution in [3.8, 4) is 0 Å².